The molecule has 1 amide bonds. The molecular formula is C17H19N5OS2. The summed E-state index contributed by atoms with van der Waals surface area (Å²) >= 11 is 2.87. The lowest BCUT2D eigenvalue weighted by atomic mass is 9.90. The summed E-state index contributed by atoms with van der Waals surface area (Å²) in [7, 11) is 0. The lowest BCUT2D eigenvalue weighted by Gasteiger charge is -2.18. The first-order valence-electron chi connectivity index (χ1n) is 8.46. The van der Waals surface area contributed by atoms with Gasteiger partial charge in [-0.1, -0.05) is 41.9 Å². The number of amides is 1. The number of hydrogen-bond acceptors (Lipinski definition) is 6. The van der Waals surface area contributed by atoms with Crippen LogP contribution in [0.1, 0.15) is 58.4 Å². The summed E-state index contributed by atoms with van der Waals surface area (Å²) in [5.74, 6) is 0.335. The van der Waals surface area contributed by atoms with Gasteiger partial charge in [0.2, 0.25) is 5.13 Å². The van der Waals surface area contributed by atoms with E-state index < -0.39 is 0 Å². The summed E-state index contributed by atoms with van der Waals surface area (Å²) in [4.78, 5) is 17.7. The Labute approximate surface area is 153 Å². The molecule has 1 fully saturated rings. The zero-order valence-corrected chi connectivity index (χ0v) is 15.6. The van der Waals surface area contributed by atoms with Crippen molar-refractivity contribution in [2.45, 2.75) is 44.9 Å². The van der Waals surface area contributed by atoms with Crippen LogP contribution in [0.5, 0.6) is 0 Å². The third-order valence-corrected chi connectivity index (χ3v) is 6.60. The molecule has 1 aliphatic rings. The molecule has 1 N–H and O–H groups in total. The second-order valence-corrected chi connectivity index (χ2v) is 8.22. The van der Waals surface area contributed by atoms with Crippen molar-refractivity contribution >= 4 is 33.7 Å². The molecule has 0 aromatic carbocycles. The van der Waals surface area contributed by atoms with Gasteiger partial charge in [0.25, 0.3) is 5.91 Å². The molecule has 0 spiro atoms. The van der Waals surface area contributed by atoms with Crippen LogP contribution in [0.4, 0.5) is 5.13 Å². The molecule has 0 bridgehead atoms. The fourth-order valence-corrected chi connectivity index (χ4v) is 4.96. The molecule has 1 aliphatic carbocycles. The van der Waals surface area contributed by atoms with E-state index in [0.717, 1.165) is 15.8 Å². The molecule has 3 aromatic rings. The monoisotopic (exact) mass is 373 g/mol. The highest BCUT2D eigenvalue weighted by atomic mass is 32.1. The van der Waals surface area contributed by atoms with Gasteiger partial charge in [0.15, 0.2) is 5.13 Å². The smallest absolute Gasteiger partial charge is 0.269 e. The summed E-state index contributed by atoms with van der Waals surface area (Å²) in [6, 6.07) is 3.87. The number of nitrogens with one attached hydrogen (secondary N) is 1. The van der Waals surface area contributed by atoms with Gasteiger partial charge in [0, 0.05) is 18.3 Å². The van der Waals surface area contributed by atoms with Crippen LogP contribution in [-0.2, 0) is 0 Å². The summed E-state index contributed by atoms with van der Waals surface area (Å²) in [6.07, 6.45) is 10.0. The minimum absolute atomic E-state index is 0.167. The predicted octanol–water partition coefficient (Wildman–Crippen LogP) is 4.39. The molecule has 3 aromatic heterocycles. The highest BCUT2D eigenvalue weighted by molar-refractivity contribution is 7.17. The molecule has 0 atom stereocenters. The van der Waals surface area contributed by atoms with Gasteiger partial charge < -0.3 is 4.57 Å². The number of carbonyl (C=O) groups is 1. The highest BCUT2D eigenvalue weighted by Crippen LogP contribution is 2.35. The highest BCUT2D eigenvalue weighted by Gasteiger charge is 2.22. The van der Waals surface area contributed by atoms with E-state index in [4.69, 9.17) is 0 Å². The van der Waals surface area contributed by atoms with Gasteiger partial charge in [-0.05, 0) is 31.9 Å². The number of aromatic nitrogens is 4. The Kier molecular flexibility index (Phi) is 4.63. The fourth-order valence-electron chi connectivity index (χ4n) is 3.12. The number of thiazole rings is 1. The van der Waals surface area contributed by atoms with Crippen LogP contribution in [0.25, 0.3) is 5.13 Å². The van der Waals surface area contributed by atoms with E-state index in [0.29, 0.717) is 15.9 Å². The number of anilines is 1. The van der Waals surface area contributed by atoms with Crippen molar-refractivity contribution in [3.05, 3.63) is 40.1 Å². The van der Waals surface area contributed by atoms with Gasteiger partial charge in [-0.3, -0.25) is 10.1 Å². The SMILES string of the molecule is Cc1nc(-n2cccc2)sc1C(=O)Nc1nnc(C2CCCCC2)s1. The molecule has 0 saturated heterocycles. The van der Waals surface area contributed by atoms with Crippen molar-refractivity contribution in [3.63, 3.8) is 0 Å². The standard InChI is InChI=1S/C17H19N5OS2/c1-11-13(24-17(18-11)22-9-5-6-10-22)14(23)19-16-21-20-15(25-16)12-7-3-2-4-8-12/h5-6,9-10,12H,2-4,7-8H2,1H3,(H,19,21,23). The van der Waals surface area contributed by atoms with Crippen LogP contribution in [0.3, 0.4) is 0 Å². The Bertz CT molecular complexity index is 862. The lowest BCUT2D eigenvalue weighted by Crippen LogP contribution is -2.11. The van der Waals surface area contributed by atoms with Gasteiger partial charge >= 0.3 is 0 Å². The van der Waals surface area contributed by atoms with Crippen LogP contribution in [0.15, 0.2) is 24.5 Å². The molecule has 0 radical (unpaired) electrons. The van der Waals surface area contributed by atoms with Crippen LogP contribution < -0.4 is 5.32 Å². The zero-order valence-electron chi connectivity index (χ0n) is 13.9. The van der Waals surface area contributed by atoms with Crippen molar-refractivity contribution in [1.82, 2.24) is 19.7 Å². The molecule has 8 heteroatoms. The minimum Gasteiger partial charge on any atom is -0.300 e. The minimum atomic E-state index is -0.167. The summed E-state index contributed by atoms with van der Waals surface area (Å²) < 4.78 is 1.90. The first kappa shape index (κ1) is 16.4. The second-order valence-electron chi connectivity index (χ2n) is 6.24. The Morgan fingerprint density at radius 3 is 2.68 bits per heavy atom. The maximum atomic E-state index is 12.6. The Balaban J connectivity index is 1.48. The van der Waals surface area contributed by atoms with Gasteiger partial charge in [0.05, 0.1) is 5.69 Å². The Morgan fingerprint density at radius 2 is 1.92 bits per heavy atom. The van der Waals surface area contributed by atoms with Crippen LogP contribution in [-0.4, -0.2) is 25.7 Å². The average molecular weight is 374 g/mol. The maximum absolute atomic E-state index is 12.6. The molecule has 4 rings (SSSR count). The first-order chi connectivity index (χ1) is 12.2. The third-order valence-electron chi connectivity index (χ3n) is 4.43. The van der Waals surface area contributed by atoms with Crippen LogP contribution in [0, 0.1) is 6.92 Å². The van der Waals surface area contributed by atoms with E-state index in [1.54, 1.807) is 0 Å². The molecule has 25 heavy (non-hydrogen) atoms. The summed E-state index contributed by atoms with van der Waals surface area (Å²) in [5.41, 5.74) is 0.725. The number of aryl methyl sites for hydroxylation is 1. The summed E-state index contributed by atoms with van der Waals surface area (Å²) in [5, 5.41) is 13.7. The van der Waals surface area contributed by atoms with Gasteiger partial charge in [-0.2, -0.15) is 0 Å². The van der Waals surface area contributed by atoms with Gasteiger partial charge in [-0.15, -0.1) is 10.2 Å². The largest absolute Gasteiger partial charge is 0.300 e. The van der Waals surface area contributed by atoms with E-state index in [1.807, 2.05) is 36.0 Å². The zero-order chi connectivity index (χ0) is 17.2. The maximum Gasteiger partial charge on any atom is 0.269 e. The molecule has 3 heterocycles. The van der Waals surface area contributed by atoms with E-state index in [1.165, 1.54) is 54.8 Å². The van der Waals surface area contributed by atoms with Gasteiger partial charge in [0.1, 0.15) is 9.88 Å². The normalized spacial score (nSPS) is 15.4. The molecular weight excluding hydrogens is 354 g/mol. The van der Waals surface area contributed by atoms with Crippen molar-refractivity contribution < 1.29 is 4.79 Å². The second kappa shape index (κ2) is 7.05. The molecule has 0 unspecified atom stereocenters. The van der Waals surface area contributed by atoms with Crippen molar-refractivity contribution in [2.24, 2.45) is 0 Å². The topological polar surface area (TPSA) is 72.7 Å². The van der Waals surface area contributed by atoms with E-state index in [2.05, 4.69) is 20.5 Å². The molecule has 130 valence electrons. The third kappa shape index (κ3) is 3.50. The quantitative estimate of drug-likeness (QED) is 0.736. The van der Waals surface area contributed by atoms with E-state index >= 15 is 0 Å². The average Bonchev–Trinajstić information content (AvgIpc) is 3.35. The first-order valence-corrected chi connectivity index (χ1v) is 10.1. The molecule has 1 saturated carbocycles. The van der Waals surface area contributed by atoms with Crippen molar-refractivity contribution in [1.29, 1.82) is 0 Å². The van der Waals surface area contributed by atoms with Crippen molar-refractivity contribution in [2.75, 3.05) is 5.32 Å². The number of hydrogen-bond donors (Lipinski definition) is 1. The van der Waals surface area contributed by atoms with Crippen LogP contribution >= 0.6 is 22.7 Å². The fraction of sp³-hybridized carbons (Fsp3) is 0.412. The molecule has 0 aliphatic heterocycles. The Hall–Kier alpha value is -2.06. The number of carbonyl (C=O) groups excluding carboxylic acids is 1. The number of rotatable bonds is 4. The van der Waals surface area contributed by atoms with E-state index in [-0.39, 0.29) is 5.91 Å². The number of nitrogens with zero attached hydrogens (tertiary/aromatic N) is 4. The summed E-state index contributed by atoms with van der Waals surface area (Å²) in [6.45, 7) is 1.85. The molecule has 6 nitrogen and oxygen atoms in total. The predicted molar refractivity (Wildman–Crippen MR) is 99.9 cm³/mol. The lowest BCUT2D eigenvalue weighted by molar-refractivity contribution is 0.102. The van der Waals surface area contributed by atoms with Crippen LogP contribution in [0.2, 0.25) is 0 Å². The van der Waals surface area contributed by atoms with Crippen molar-refractivity contribution in [3.8, 4) is 5.13 Å². The Morgan fingerprint density at radius 1 is 1.16 bits per heavy atom. The van der Waals surface area contributed by atoms with E-state index in [9.17, 15) is 4.79 Å². The van der Waals surface area contributed by atoms with Gasteiger partial charge in [-0.25, -0.2) is 4.98 Å².